The number of hydrogen-bond acceptors (Lipinski definition) is 3. The molecule has 1 atom stereocenters. The molecule has 23 heavy (non-hydrogen) atoms. The molecule has 0 heterocycles. The summed E-state index contributed by atoms with van der Waals surface area (Å²) in [4.78, 5) is 11.7. The van der Waals surface area contributed by atoms with E-state index in [2.05, 4.69) is 12.1 Å². The van der Waals surface area contributed by atoms with Crippen molar-refractivity contribution in [2.75, 3.05) is 7.11 Å². The monoisotopic (exact) mass is 322 g/mol. The number of carbonyl (C=O) groups excluding carboxylic acids is 1. The van der Waals surface area contributed by atoms with Crippen molar-refractivity contribution in [2.24, 2.45) is 0 Å². The van der Waals surface area contributed by atoms with Crippen molar-refractivity contribution in [1.82, 2.24) is 0 Å². The lowest BCUT2D eigenvalue weighted by Crippen LogP contribution is -2.28. The number of ether oxygens (including phenoxy) is 2. The minimum atomic E-state index is -1.46. The van der Waals surface area contributed by atoms with Crippen LogP contribution in [0.3, 0.4) is 0 Å². The van der Waals surface area contributed by atoms with E-state index in [9.17, 15) is 9.18 Å². The van der Waals surface area contributed by atoms with Crippen LogP contribution < -0.4 is 4.74 Å². The first kappa shape index (κ1) is 17.8. The molecule has 1 aromatic rings. The number of benzene rings is 1. The standard InChI is InChI=1S/C19H27FO3/c1-3-4-5-18(20)19(21)23-17-12-8-15(9-13-17)14-6-10-16(22-2)11-7-14/h6-7,10-11,15,17-18H,3-5,8-9,12-13H2,1-2H3/t15?,17?,18-/m0/s1. The molecule has 0 spiro atoms. The van der Waals surface area contributed by atoms with E-state index in [0.717, 1.165) is 44.3 Å². The Bertz CT molecular complexity index is 478. The van der Waals surface area contributed by atoms with E-state index in [1.54, 1.807) is 7.11 Å². The van der Waals surface area contributed by atoms with Crippen molar-refractivity contribution in [1.29, 1.82) is 0 Å². The molecule has 0 radical (unpaired) electrons. The number of unbranched alkanes of at least 4 members (excludes halogenated alkanes) is 1. The SMILES string of the molecule is CCCC[C@H](F)C(=O)OC1CCC(c2ccc(OC)cc2)CC1. The fourth-order valence-electron chi connectivity index (χ4n) is 3.13. The molecule has 3 nitrogen and oxygen atoms in total. The largest absolute Gasteiger partial charge is 0.497 e. The number of esters is 1. The molecule has 4 heteroatoms. The van der Waals surface area contributed by atoms with Crippen molar-refractivity contribution >= 4 is 5.97 Å². The first-order chi connectivity index (χ1) is 11.1. The van der Waals surface area contributed by atoms with Gasteiger partial charge in [0.2, 0.25) is 0 Å². The second-order valence-corrected chi connectivity index (χ2v) is 6.29. The topological polar surface area (TPSA) is 35.5 Å². The molecule has 1 fully saturated rings. The second kappa shape index (κ2) is 8.90. The van der Waals surface area contributed by atoms with Gasteiger partial charge in [0.1, 0.15) is 11.9 Å². The van der Waals surface area contributed by atoms with Gasteiger partial charge in [-0.2, -0.15) is 0 Å². The Morgan fingerprint density at radius 2 is 1.87 bits per heavy atom. The first-order valence-corrected chi connectivity index (χ1v) is 8.62. The molecule has 0 bridgehead atoms. The van der Waals surface area contributed by atoms with E-state index in [1.807, 2.05) is 19.1 Å². The van der Waals surface area contributed by atoms with Gasteiger partial charge >= 0.3 is 5.97 Å². The average molecular weight is 322 g/mol. The molecule has 0 unspecified atom stereocenters. The minimum Gasteiger partial charge on any atom is -0.497 e. The van der Waals surface area contributed by atoms with Gasteiger partial charge in [-0.25, -0.2) is 9.18 Å². The van der Waals surface area contributed by atoms with Gasteiger partial charge in [-0.3, -0.25) is 0 Å². The molecule has 2 rings (SSSR count). The molecular weight excluding hydrogens is 295 g/mol. The van der Waals surface area contributed by atoms with Crippen molar-refractivity contribution in [2.45, 2.75) is 70.1 Å². The molecule has 1 aliphatic rings. The Balaban J connectivity index is 1.78. The molecule has 0 N–H and O–H groups in total. The first-order valence-electron chi connectivity index (χ1n) is 8.62. The van der Waals surface area contributed by atoms with Gasteiger partial charge in [0.15, 0.2) is 6.17 Å². The van der Waals surface area contributed by atoms with Crippen molar-refractivity contribution in [3.63, 3.8) is 0 Å². The van der Waals surface area contributed by atoms with Crippen molar-refractivity contribution in [3.05, 3.63) is 29.8 Å². The molecule has 1 aliphatic carbocycles. The van der Waals surface area contributed by atoms with E-state index >= 15 is 0 Å². The van der Waals surface area contributed by atoms with Crippen LogP contribution in [0.25, 0.3) is 0 Å². The van der Waals surface area contributed by atoms with Gasteiger partial charge in [-0.05, 0) is 55.7 Å². The molecule has 1 aromatic carbocycles. The van der Waals surface area contributed by atoms with Crippen molar-refractivity contribution < 1.29 is 18.7 Å². The summed E-state index contributed by atoms with van der Waals surface area (Å²) in [5, 5.41) is 0. The summed E-state index contributed by atoms with van der Waals surface area (Å²) in [5.74, 6) is 0.668. The number of hydrogen-bond donors (Lipinski definition) is 0. The Kier molecular flexibility index (Phi) is 6.87. The second-order valence-electron chi connectivity index (χ2n) is 6.29. The predicted octanol–water partition coefficient (Wildman–Crippen LogP) is 4.79. The fourth-order valence-corrected chi connectivity index (χ4v) is 3.13. The third kappa shape index (κ3) is 5.22. The lowest BCUT2D eigenvalue weighted by Gasteiger charge is -2.29. The molecule has 128 valence electrons. The highest BCUT2D eigenvalue weighted by Crippen LogP contribution is 2.34. The maximum atomic E-state index is 13.7. The van der Waals surface area contributed by atoms with Crippen LogP contribution in [0, 0.1) is 0 Å². The number of methoxy groups -OCH3 is 1. The third-order valence-corrected chi connectivity index (χ3v) is 4.61. The lowest BCUT2D eigenvalue weighted by molar-refractivity contribution is -0.157. The average Bonchev–Trinajstić information content (AvgIpc) is 2.60. The normalized spacial score (nSPS) is 22.4. The number of rotatable bonds is 7. The molecule has 0 aliphatic heterocycles. The highest BCUT2D eigenvalue weighted by Gasteiger charge is 2.27. The maximum Gasteiger partial charge on any atom is 0.340 e. The summed E-state index contributed by atoms with van der Waals surface area (Å²) in [6.07, 6.45) is 3.85. The van der Waals surface area contributed by atoms with E-state index < -0.39 is 12.1 Å². The van der Waals surface area contributed by atoms with Crippen LogP contribution in [-0.2, 0) is 9.53 Å². The van der Waals surface area contributed by atoms with Crippen LogP contribution in [-0.4, -0.2) is 25.4 Å². The Labute approximate surface area is 138 Å². The van der Waals surface area contributed by atoms with E-state index in [0.29, 0.717) is 5.92 Å². The van der Waals surface area contributed by atoms with E-state index in [-0.39, 0.29) is 12.5 Å². The van der Waals surface area contributed by atoms with E-state index in [4.69, 9.17) is 9.47 Å². The molecular formula is C19H27FO3. The zero-order chi connectivity index (χ0) is 16.7. The summed E-state index contributed by atoms with van der Waals surface area (Å²) in [6, 6.07) is 8.14. The third-order valence-electron chi connectivity index (χ3n) is 4.61. The minimum absolute atomic E-state index is 0.128. The maximum absolute atomic E-state index is 13.7. The smallest absolute Gasteiger partial charge is 0.340 e. The van der Waals surface area contributed by atoms with E-state index in [1.165, 1.54) is 5.56 Å². The van der Waals surface area contributed by atoms with Crippen LogP contribution >= 0.6 is 0 Å². The van der Waals surface area contributed by atoms with Crippen LogP contribution in [0.15, 0.2) is 24.3 Å². The summed E-state index contributed by atoms with van der Waals surface area (Å²) in [5.41, 5.74) is 1.29. The van der Waals surface area contributed by atoms with Gasteiger partial charge in [-0.1, -0.05) is 31.9 Å². The highest BCUT2D eigenvalue weighted by atomic mass is 19.1. The Morgan fingerprint density at radius 1 is 1.22 bits per heavy atom. The zero-order valence-corrected chi connectivity index (χ0v) is 14.1. The lowest BCUT2D eigenvalue weighted by atomic mass is 9.83. The Hall–Kier alpha value is -1.58. The number of alkyl halides is 1. The van der Waals surface area contributed by atoms with Crippen LogP contribution in [0.1, 0.15) is 63.4 Å². The van der Waals surface area contributed by atoms with Gasteiger partial charge in [0, 0.05) is 0 Å². The fraction of sp³-hybridized carbons (Fsp3) is 0.632. The molecule has 0 amide bonds. The summed E-state index contributed by atoms with van der Waals surface area (Å²) in [6.45, 7) is 1.98. The van der Waals surface area contributed by atoms with Gasteiger partial charge in [0.05, 0.1) is 7.11 Å². The predicted molar refractivity (Wildman–Crippen MR) is 88.5 cm³/mol. The zero-order valence-electron chi connectivity index (χ0n) is 14.1. The van der Waals surface area contributed by atoms with Crippen LogP contribution in [0.2, 0.25) is 0 Å². The van der Waals surface area contributed by atoms with Gasteiger partial charge < -0.3 is 9.47 Å². The highest BCUT2D eigenvalue weighted by molar-refractivity contribution is 5.74. The van der Waals surface area contributed by atoms with Crippen molar-refractivity contribution in [3.8, 4) is 5.75 Å². The van der Waals surface area contributed by atoms with Gasteiger partial charge in [-0.15, -0.1) is 0 Å². The number of halogens is 1. The summed E-state index contributed by atoms with van der Waals surface area (Å²) >= 11 is 0. The molecule has 1 saturated carbocycles. The number of carbonyl (C=O) groups is 1. The Morgan fingerprint density at radius 3 is 2.43 bits per heavy atom. The summed E-state index contributed by atoms with van der Waals surface area (Å²) < 4.78 is 24.2. The quantitative estimate of drug-likeness (QED) is 0.677. The molecule has 0 aromatic heterocycles. The van der Waals surface area contributed by atoms with Crippen LogP contribution in [0.5, 0.6) is 5.75 Å². The molecule has 0 saturated heterocycles. The van der Waals surface area contributed by atoms with Crippen LogP contribution in [0.4, 0.5) is 4.39 Å². The van der Waals surface area contributed by atoms with Gasteiger partial charge in [0.25, 0.3) is 0 Å². The summed E-state index contributed by atoms with van der Waals surface area (Å²) in [7, 11) is 1.66.